The highest BCUT2D eigenvalue weighted by Gasteiger charge is 2.28. The quantitative estimate of drug-likeness (QED) is 0.939. The second kappa shape index (κ2) is 5.26. The molecule has 1 N–H and O–H groups in total. The number of aliphatic hydroxyl groups is 1. The molecule has 1 aromatic carbocycles. The number of rotatable bonds is 4. The minimum atomic E-state index is -2.39. The molecule has 18 heavy (non-hydrogen) atoms. The summed E-state index contributed by atoms with van der Waals surface area (Å²) in [6.07, 6.45) is 4.33. The maximum atomic E-state index is 14.0. The Labute approximate surface area is 114 Å². The average Bonchev–Trinajstić information content (AvgIpc) is 2.74. The van der Waals surface area contributed by atoms with Crippen molar-refractivity contribution in [2.75, 3.05) is 0 Å². The van der Waals surface area contributed by atoms with Crippen molar-refractivity contribution in [1.82, 2.24) is 9.55 Å². The Bertz CT molecular complexity index is 529. The second-order valence-corrected chi connectivity index (χ2v) is 4.91. The maximum Gasteiger partial charge on any atom is 0.228 e. The Morgan fingerprint density at radius 1 is 1.39 bits per heavy atom. The van der Waals surface area contributed by atoms with Gasteiger partial charge in [-0.3, -0.25) is 0 Å². The van der Waals surface area contributed by atoms with Gasteiger partial charge >= 0.3 is 0 Å². The monoisotopic (exact) mass is 288 g/mol. The van der Waals surface area contributed by atoms with Crippen molar-refractivity contribution < 1.29 is 9.50 Å². The van der Waals surface area contributed by atoms with Gasteiger partial charge in [-0.2, -0.15) is 0 Å². The highest BCUT2D eigenvalue weighted by atomic mass is 35.5. The number of halogens is 3. The summed E-state index contributed by atoms with van der Waals surface area (Å²) in [5.41, 5.74) is 0.506. The summed E-state index contributed by atoms with van der Waals surface area (Å²) in [7, 11) is 0. The molecule has 6 heteroatoms. The Morgan fingerprint density at radius 2 is 2.17 bits per heavy atom. The smallest absolute Gasteiger partial charge is 0.228 e. The van der Waals surface area contributed by atoms with Crippen LogP contribution in [0.1, 0.15) is 5.56 Å². The molecule has 0 saturated carbocycles. The van der Waals surface area contributed by atoms with Crippen LogP contribution in [0.5, 0.6) is 0 Å². The number of aromatic nitrogens is 2. The fourth-order valence-corrected chi connectivity index (χ4v) is 2.15. The van der Waals surface area contributed by atoms with Crippen molar-refractivity contribution in [3.63, 3.8) is 0 Å². The first-order valence-electron chi connectivity index (χ1n) is 5.27. The zero-order valence-electron chi connectivity index (χ0n) is 9.35. The molecule has 0 bridgehead atoms. The first-order valence-corrected chi connectivity index (χ1v) is 6.03. The minimum absolute atomic E-state index is 0.202. The third-order valence-electron chi connectivity index (χ3n) is 2.46. The lowest BCUT2D eigenvalue weighted by Gasteiger charge is -2.20. The third kappa shape index (κ3) is 3.45. The van der Waals surface area contributed by atoms with E-state index in [0.717, 1.165) is 0 Å². The van der Waals surface area contributed by atoms with Gasteiger partial charge in [-0.15, -0.1) is 0 Å². The predicted octanol–water partition coefficient (Wildman–Crippen LogP) is 3.09. The molecule has 0 aliphatic rings. The summed E-state index contributed by atoms with van der Waals surface area (Å²) in [6.45, 7) is -0.202. The van der Waals surface area contributed by atoms with E-state index in [0.29, 0.717) is 15.6 Å². The number of hydrogen-bond donors (Lipinski definition) is 1. The standard InChI is InChI=1S/C12H11Cl2FN2O/c13-10-2-1-9(11(14)5-10)6-12(15,18)7-17-4-3-16-8-17/h1-5,8,18H,6-7H2. The van der Waals surface area contributed by atoms with Crippen LogP contribution in [0.2, 0.25) is 10.0 Å². The molecule has 1 unspecified atom stereocenters. The number of hydrogen-bond acceptors (Lipinski definition) is 2. The van der Waals surface area contributed by atoms with Gasteiger partial charge in [-0.1, -0.05) is 29.3 Å². The first-order chi connectivity index (χ1) is 8.46. The van der Waals surface area contributed by atoms with Crippen LogP contribution in [0.15, 0.2) is 36.9 Å². The van der Waals surface area contributed by atoms with Gasteiger partial charge in [-0.25, -0.2) is 9.37 Å². The topological polar surface area (TPSA) is 38.0 Å². The summed E-state index contributed by atoms with van der Waals surface area (Å²) in [4.78, 5) is 3.78. The molecule has 0 spiro atoms. The number of alkyl halides is 1. The molecule has 0 amide bonds. The molecular weight excluding hydrogens is 278 g/mol. The SMILES string of the molecule is OC(F)(Cc1ccc(Cl)cc1Cl)Cn1ccnc1. The van der Waals surface area contributed by atoms with E-state index in [9.17, 15) is 9.50 Å². The number of nitrogens with zero attached hydrogens (tertiary/aromatic N) is 2. The van der Waals surface area contributed by atoms with Crippen LogP contribution in [-0.4, -0.2) is 20.5 Å². The molecule has 1 atom stereocenters. The van der Waals surface area contributed by atoms with Gasteiger partial charge in [0.1, 0.15) is 0 Å². The van der Waals surface area contributed by atoms with Crippen molar-refractivity contribution in [1.29, 1.82) is 0 Å². The largest absolute Gasteiger partial charge is 0.360 e. The summed E-state index contributed by atoms with van der Waals surface area (Å²) < 4.78 is 15.5. The molecule has 2 aromatic rings. The molecule has 1 heterocycles. The molecule has 0 saturated heterocycles. The molecule has 0 aliphatic carbocycles. The number of benzene rings is 1. The lowest BCUT2D eigenvalue weighted by atomic mass is 10.1. The predicted molar refractivity (Wildman–Crippen MR) is 68.5 cm³/mol. The van der Waals surface area contributed by atoms with E-state index in [1.165, 1.54) is 23.2 Å². The maximum absolute atomic E-state index is 14.0. The van der Waals surface area contributed by atoms with Crippen molar-refractivity contribution in [2.24, 2.45) is 0 Å². The van der Waals surface area contributed by atoms with Gasteiger partial charge in [0.25, 0.3) is 0 Å². The highest BCUT2D eigenvalue weighted by molar-refractivity contribution is 6.35. The van der Waals surface area contributed by atoms with Crippen LogP contribution >= 0.6 is 23.2 Å². The minimum Gasteiger partial charge on any atom is -0.360 e. The second-order valence-electron chi connectivity index (χ2n) is 4.07. The van der Waals surface area contributed by atoms with Gasteiger partial charge < -0.3 is 9.67 Å². The van der Waals surface area contributed by atoms with Crippen LogP contribution < -0.4 is 0 Å². The fourth-order valence-electron chi connectivity index (χ4n) is 1.67. The zero-order chi connectivity index (χ0) is 13.2. The molecule has 3 nitrogen and oxygen atoms in total. The fraction of sp³-hybridized carbons (Fsp3) is 0.250. The van der Waals surface area contributed by atoms with Crippen molar-refractivity contribution in [2.45, 2.75) is 18.8 Å². The van der Waals surface area contributed by atoms with Crippen LogP contribution in [0.25, 0.3) is 0 Å². The molecule has 96 valence electrons. The summed E-state index contributed by atoms with van der Waals surface area (Å²) in [5, 5.41) is 10.5. The van der Waals surface area contributed by atoms with Crippen LogP contribution in [0.4, 0.5) is 4.39 Å². The third-order valence-corrected chi connectivity index (χ3v) is 3.05. The van der Waals surface area contributed by atoms with E-state index < -0.39 is 5.85 Å². The van der Waals surface area contributed by atoms with Gasteiger partial charge in [-0.05, 0) is 17.7 Å². The van der Waals surface area contributed by atoms with Crippen molar-refractivity contribution in [3.05, 3.63) is 52.5 Å². The average molecular weight is 289 g/mol. The molecule has 0 fully saturated rings. The molecule has 2 rings (SSSR count). The summed E-state index contributed by atoms with van der Waals surface area (Å²) in [6, 6.07) is 4.73. The van der Waals surface area contributed by atoms with Crippen LogP contribution in [-0.2, 0) is 13.0 Å². The lowest BCUT2D eigenvalue weighted by molar-refractivity contribution is -0.0997. The number of imidazole rings is 1. The molecule has 1 aromatic heterocycles. The Kier molecular flexibility index (Phi) is 3.90. The first kappa shape index (κ1) is 13.3. The summed E-state index contributed by atoms with van der Waals surface area (Å²) in [5.74, 6) is -2.39. The molecule has 0 radical (unpaired) electrons. The lowest BCUT2D eigenvalue weighted by Crippen LogP contribution is -2.31. The summed E-state index contributed by atoms with van der Waals surface area (Å²) >= 11 is 11.7. The Morgan fingerprint density at radius 3 is 2.78 bits per heavy atom. The highest BCUT2D eigenvalue weighted by Crippen LogP contribution is 2.26. The van der Waals surface area contributed by atoms with E-state index in [-0.39, 0.29) is 13.0 Å². The van der Waals surface area contributed by atoms with Gasteiger partial charge in [0.05, 0.1) is 12.9 Å². The van der Waals surface area contributed by atoms with Crippen LogP contribution in [0, 0.1) is 0 Å². The van der Waals surface area contributed by atoms with Gasteiger partial charge in [0.2, 0.25) is 5.85 Å². The van der Waals surface area contributed by atoms with E-state index >= 15 is 0 Å². The normalized spacial score (nSPS) is 14.4. The Balaban J connectivity index is 2.11. The van der Waals surface area contributed by atoms with E-state index in [2.05, 4.69) is 4.98 Å². The van der Waals surface area contributed by atoms with E-state index in [1.54, 1.807) is 18.3 Å². The van der Waals surface area contributed by atoms with Crippen molar-refractivity contribution in [3.8, 4) is 0 Å². The molecular formula is C12H11Cl2FN2O. The van der Waals surface area contributed by atoms with Crippen LogP contribution in [0.3, 0.4) is 0 Å². The zero-order valence-corrected chi connectivity index (χ0v) is 10.9. The molecule has 0 aliphatic heterocycles. The van der Waals surface area contributed by atoms with E-state index in [1.807, 2.05) is 0 Å². The van der Waals surface area contributed by atoms with E-state index in [4.69, 9.17) is 23.2 Å². The Hall–Kier alpha value is -1.10. The van der Waals surface area contributed by atoms with Gasteiger partial charge in [0.15, 0.2) is 0 Å². The van der Waals surface area contributed by atoms with Gasteiger partial charge in [0, 0.05) is 28.9 Å². The van der Waals surface area contributed by atoms with Crippen molar-refractivity contribution >= 4 is 23.2 Å².